The lowest BCUT2D eigenvalue weighted by molar-refractivity contribution is -0.384. The van der Waals surface area contributed by atoms with Crippen molar-refractivity contribution < 1.29 is 28.0 Å². The lowest BCUT2D eigenvalue weighted by Crippen LogP contribution is -2.15. The number of amides is 1. The second kappa shape index (κ2) is 9.96. The Balaban J connectivity index is 1.69. The fraction of sp³-hybridized carbons (Fsp3) is 0.125. The third-order valence-corrected chi connectivity index (χ3v) is 6.86. The molecule has 1 aliphatic carbocycles. The molecule has 0 aliphatic heterocycles. The van der Waals surface area contributed by atoms with Gasteiger partial charge in [-0.05, 0) is 54.8 Å². The van der Waals surface area contributed by atoms with Gasteiger partial charge in [-0.1, -0.05) is 18.2 Å². The van der Waals surface area contributed by atoms with Gasteiger partial charge in [0.15, 0.2) is 0 Å². The molecule has 11 nitrogen and oxygen atoms in total. The third-order valence-electron chi connectivity index (χ3n) is 5.48. The Morgan fingerprint density at radius 1 is 1.08 bits per heavy atom. The fourth-order valence-corrected chi connectivity index (χ4v) is 4.73. The van der Waals surface area contributed by atoms with E-state index in [1.165, 1.54) is 55.6 Å². The van der Waals surface area contributed by atoms with Crippen LogP contribution >= 0.6 is 0 Å². The van der Waals surface area contributed by atoms with E-state index in [1.807, 2.05) is 12.2 Å². The average molecular weight is 509 g/mol. The summed E-state index contributed by atoms with van der Waals surface area (Å²) in [6.07, 6.45) is 4.35. The van der Waals surface area contributed by atoms with Crippen molar-refractivity contribution in [3.63, 3.8) is 0 Å². The Bertz CT molecular complexity index is 1510. The van der Waals surface area contributed by atoms with Crippen LogP contribution in [0.5, 0.6) is 11.5 Å². The highest BCUT2D eigenvalue weighted by molar-refractivity contribution is 7.92. The van der Waals surface area contributed by atoms with Gasteiger partial charge in [-0.15, -0.1) is 10.2 Å². The van der Waals surface area contributed by atoms with E-state index in [2.05, 4.69) is 15.0 Å². The standard InChI is InChI=1S/C24H20N4O7S/c1-35-17-9-11-18(12-10-17)36(33,34)27-21-14-22(23(29)20-8-3-2-7-19(20)21)25-26-24(30)15-5-4-6-16(13-15)28(31)32/h2-6,9-14,27,29H,7-8H2,1H3. The molecule has 0 spiro atoms. The summed E-state index contributed by atoms with van der Waals surface area (Å²) < 4.78 is 33.6. The van der Waals surface area contributed by atoms with E-state index in [0.717, 1.165) is 6.07 Å². The van der Waals surface area contributed by atoms with E-state index in [-0.39, 0.29) is 33.3 Å². The first kappa shape index (κ1) is 24.5. The first-order chi connectivity index (χ1) is 17.2. The number of sulfonamides is 1. The molecule has 12 heteroatoms. The van der Waals surface area contributed by atoms with Crippen molar-refractivity contribution >= 4 is 33.0 Å². The molecule has 0 atom stereocenters. The molecule has 0 bridgehead atoms. The molecule has 2 N–H and O–H groups in total. The van der Waals surface area contributed by atoms with E-state index >= 15 is 0 Å². The summed E-state index contributed by atoms with van der Waals surface area (Å²) in [5.41, 5.74) is 0.721. The van der Waals surface area contributed by atoms with Gasteiger partial charge >= 0.3 is 0 Å². The maximum Gasteiger partial charge on any atom is 0.295 e. The van der Waals surface area contributed by atoms with Crippen LogP contribution in [0.25, 0.3) is 0 Å². The smallest absolute Gasteiger partial charge is 0.295 e. The zero-order valence-corrected chi connectivity index (χ0v) is 19.7. The number of nitro benzene ring substituents is 1. The summed E-state index contributed by atoms with van der Waals surface area (Å²) in [5.74, 6) is -0.606. The summed E-state index contributed by atoms with van der Waals surface area (Å²) in [7, 11) is -2.53. The Morgan fingerprint density at radius 2 is 1.78 bits per heavy atom. The highest BCUT2D eigenvalue weighted by Crippen LogP contribution is 2.41. The summed E-state index contributed by atoms with van der Waals surface area (Å²) in [6.45, 7) is 0. The number of fused-ring (bicyclic) bond motifs is 1. The molecule has 4 rings (SSSR count). The van der Waals surface area contributed by atoms with Crippen molar-refractivity contribution in [2.75, 3.05) is 11.8 Å². The maximum atomic E-state index is 13.0. The minimum Gasteiger partial charge on any atom is -0.505 e. The van der Waals surface area contributed by atoms with E-state index in [9.17, 15) is 28.4 Å². The predicted octanol–water partition coefficient (Wildman–Crippen LogP) is 4.69. The normalized spacial score (nSPS) is 12.8. The number of nitrogens with one attached hydrogen (secondary N) is 1. The minimum atomic E-state index is -4.00. The van der Waals surface area contributed by atoms with Gasteiger partial charge in [-0.25, -0.2) is 8.42 Å². The fourth-order valence-electron chi connectivity index (χ4n) is 3.64. The molecule has 0 fully saturated rings. The molecule has 1 amide bonds. The van der Waals surface area contributed by atoms with Crippen LogP contribution < -0.4 is 9.46 Å². The predicted molar refractivity (Wildman–Crippen MR) is 130 cm³/mol. The number of carbonyl (C=O) groups excluding carboxylic acids is 1. The van der Waals surface area contributed by atoms with E-state index in [4.69, 9.17) is 4.74 Å². The second-order valence-electron chi connectivity index (χ2n) is 7.72. The van der Waals surface area contributed by atoms with Gasteiger partial charge in [0, 0.05) is 17.7 Å². The topological polar surface area (TPSA) is 161 Å². The molecule has 0 saturated heterocycles. The number of benzene rings is 3. The lowest BCUT2D eigenvalue weighted by Gasteiger charge is -2.20. The van der Waals surface area contributed by atoms with Crippen molar-refractivity contribution in [3.05, 3.63) is 93.6 Å². The Hall–Kier alpha value is -4.58. The molecule has 3 aromatic rings. The van der Waals surface area contributed by atoms with Crippen LogP contribution in [-0.4, -0.2) is 31.5 Å². The Labute approximate surface area is 206 Å². The van der Waals surface area contributed by atoms with Crippen molar-refractivity contribution in [2.45, 2.75) is 17.7 Å². The molecule has 0 saturated carbocycles. The maximum absolute atomic E-state index is 13.0. The number of azo groups is 1. The van der Waals surface area contributed by atoms with Gasteiger partial charge in [-0.3, -0.25) is 19.6 Å². The number of methoxy groups -OCH3 is 1. The first-order valence-corrected chi connectivity index (χ1v) is 12.1. The molecule has 1 aliphatic rings. The first-order valence-electron chi connectivity index (χ1n) is 10.6. The number of nitrogens with zero attached hydrogens (tertiary/aromatic N) is 3. The SMILES string of the molecule is COc1ccc(S(=O)(=O)Nc2cc(N=NC(=O)c3cccc([N+](=O)[O-])c3)c(O)c3c2CC=CC3)cc1. The quantitative estimate of drug-likeness (QED) is 0.154. The number of non-ortho nitro benzene ring substituents is 1. The van der Waals surface area contributed by atoms with E-state index in [0.29, 0.717) is 29.7 Å². The third kappa shape index (κ3) is 5.08. The van der Waals surface area contributed by atoms with Crippen molar-refractivity contribution in [2.24, 2.45) is 10.2 Å². The lowest BCUT2D eigenvalue weighted by atomic mass is 9.93. The number of carbonyl (C=O) groups is 1. The Kier molecular flexibility index (Phi) is 6.79. The molecule has 0 radical (unpaired) electrons. The molecule has 0 heterocycles. The largest absolute Gasteiger partial charge is 0.505 e. The van der Waals surface area contributed by atoms with Gasteiger partial charge in [0.25, 0.3) is 21.6 Å². The number of phenolic OH excluding ortho intramolecular Hbond substituents is 1. The van der Waals surface area contributed by atoms with Crippen LogP contribution in [-0.2, 0) is 22.9 Å². The van der Waals surface area contributed by atoms with Gasteiger partial charge in [-0.2, -0.15) is 0 Å². The molecule has 184 valence electrons. The van der Waals surface area contributed by atoms with Crippen LogP contribution in [0.15, 0.2) is 81.9 Å². The number of phenols is 1. The van der Waals surface area contributed by atoms with Crippen molar-refractivity contribution in [1.82, 2.24) is 0 Å². The number of nitro groups is 1. The number of hydrogen-bond donors (Lipinski definition) is 2. The molecular weight excluding hydrogens is 488 g/mol. The molecule has 3 aromatic carbocycles. The van der Waals surface area contributed by atoms with Crippen LogP contribution in [0, 0.1) is 10.1 Å². The van der Waals surface area contributed by atoms with E-state index < -0.39 is 20.9 Å². The number of hydrogen-bond acceptors (Lipinski definition) is 8. The van der Waals surface area contributed by atoms with Crippen LogP contribution in [0.1, 0.15) is 21.5 Å². The molecule has 0 aromatic heterocycles. The van der Waals surface area contributed by atoms with E-state index in [1.54, 1.807) is 0 Å². The van der Waals surface area contributed by atoms with Crippen LogP contribution in [0.3, 0.4) is 0 Å². The number of rotatable bonds is 7. The second-order valence-corrected chi connectivity index (χ2v) is 9.40. The summed E-state index contributed by atoms with van der Waals surface area (Å²) in [4.78, 5) is 22.8. The van der Waals surface area contributed by atoms with Gasteiger partial charge < -0.3 is 9.84 Å². The minimum absolute atomic E-state index is 0.000465. The molecular formula is C24H20N4O7S. The zero-order chi connectivity index (χ0) is 25.9. The molecule has 0 unspecified atom stereocenters. The molecule has 36 heavy (non-hydrogen) atoms. The van der Waals surface area contributed by atoms with Crippen LogP contribution in [0.2, 0.25) is 0 Å². The van der Waals surface area contributed by atoms with Gasteiger partial charge in [0.05, 0.1) is 28.2 Å². The number of ether oxygens (including phenoxy) is 1. The highest BCUT2D eigenvalue weighted by Gasteiger charge is 2.23. The number of allylic oxidation sites excluding steroid dienone is 2. The summed E-state index contributed by atoms with van der Waals surface area (Å²) >= 11 is 0. The summed E-state index contributed by atoms with van der Waals surface area (Å²) in [6, 6.07) is 12.1. The Morgan fingerprint density at radius 3 is 2.44 bits per heavy atom. The van der Waals surface area contributed by atoms with Gasteiger partial charge in [0.1, 0.15) is 17.2 Å². The number of anilines is 1. The average Bonchev–Trinajstić information content (AvgIpc) is 2.89. The van der Waals surface area contributed by atoms with Crippen LogP contribution in [0.4, 0.5) is 17.1 Å². The van der Waals surface area contributed by atoms with Crippen molar-refractivity contribution in [1.29, 1.82) is 0 Å². The summed E-state index contributed by atoms with van der Waals surface area (Å²) in [5, 5.41) is 29.1. The van der Waals surface area contributed by atoms with Crippen molar-refractivity contribution in [3.8, 4) is 11.5 Å². The zero-order valence-electron chi connectivity index (χ0n) is 18.9. The highest BCUT2D eigenvalue weighted by atomic mass is 32.2. The van der Waals surface area contributed by atoms with Gasteiger partial charge in [0.2, 0.25) is 0 Å². The monoisotopic (exact) mass is 508 g/mol. The number of aromatic hydroxyl groups is 1.